The number of fused-ring (bicyclic) bond motifs is 1. The van der Waals surface area contributed by atoms with Crippen molar-refractivity contribution in [1.29, 1.82) is 0 Å². The molecule has 1 aliphatic rings. The van der Waals surface area contributed by atoms with Crippen LogP contribution in [0.1, 0.15) is 24.4 Å². The first-order chi connectivity index (χ1) is 9.15. The van der Waals surface area contributed by atoms with Gasteiger partial charge in [-0.25, -0.2) is 4.39 Å². The summed E-state index contributed by atoms with van der Waals surface area (Å²) < 4.78 is 15.4. The van der Waals surface area contributed by atoms with Gasteiger partial charge in [0.2, 0.25) is 0 Å². The largest absolute Gasteiger partial charge is 0.362 e. The van der Waals surface area contributed by atoms with Crippen molar-refractivity contribution in [3.63, 3.8) is 0 Å². The number of hydrogen-bond acceptors (Lipinski definition) is 4. The van der Waals surface area contributed by atoms with Crippen LogP contribution in [0.25, 0.3) is 0 Å². The minimum Gasteiger partial charge on any atom is -0.362 e. The van der Waals surface area contributed by atoms with Gasteiger partial charge < -0.3 is 15.2 Å². The Balaban J connectivity index is 1.95. The van der Waals surface area contributed by atoms with Crippen LogP contribution in [-0.2, 0) is 13.1 Å². The standard InChI is InChI=1S/C13H16FN5/c1-9(15)11-6-10(14)2-3-12(11)18-4-5-19-8-16-17-13(19)7-18/h2-3,6,8-9H,4-5,7,15H2,1H3. The average molecular weight is 261 g/mol. The van der Waals surface area contributed by atoms with Crippen molar-refractivity contribution in [2.75, 3.05) is 11.4 Å². The minimum absolute atomic E-state index is 0.203. The Hall–Kier alpha value is -1.95. The van der Waals surface area contributed by atoms with Gasteiger partial charge >= 0.3 is 0 Å². The normalized spacial score (nSPS) is 16.3. The highest BCUT2D eigenvalue weighted by molar-refractivity contribution is 5.55. The molecule has 2 heterocycles. The highest BCUT2D eigenvalue weighted by Crippen LogP contribution is 2.28. The van der Waals surface area contributed by atoms with Crippen LogP contribution in [-0.4, -0.2) is 21.3 Å². The summed E-state index contributed by atoms with van der Waals surface area (Å²) in [5, 5.41) is 8.00. The lowest BCUT2D eigenvalue weighted by Crippen LogP contribution is -2.34. The van der Waals surface area contributed by atoms with Crippen LogP contribution in [0.3, 0.4) is 0 Å². The molecule has 0 fully saturated rings. The molecule has 0 amide bonds. The maximum atomic E-state index is 13.4. The molecule has 19 heavy (non-hydrogen) atoms. The molecule has 3 rings (SSSR count). The SMILES string of the molecule is CC(N)c1cc(F)ccc1N1CCn2cnnc2C1. The van der Waals surface area contributed by atoms with Gasteiger partial charge in [-0.3, -0.25) is 0 Å². The molecule has 0 spiro atoms. The molecule has 5 nitrogen and oxygen atoms in total. The third-order valence-electron chi connectivity index (χ3n) is 3.46. The summed E-state index contributed by atoms with van der Waals surface area (Å²) in [4.78, 5) is 2.17. The summed E-state index contributed by atoms with van der Waals surface area (Å²) in [6.07, 6.45) is 1.74. The van der Waals surface area contributed by atoms with Crippen LogP contribution in [0.2, 0.25) is 0 Å². The molecule has 0 saturated carbocycles. The summed E-state index contributed by atoms with van der Waals surface area (Å²) in [5.74, 6) is 0.669. The van der Waals surface area contributed by atoms with Gasteiger partial charge in [-0.1, -0.05) is 0 Å². The molecule has 1 aromatic carbocycles. The third-order valence-corrected chi connectivity index (χ3v) is 3.46. The second-order valence-corrected chi connectivity index (χ2v) is 4.85. The molecule has 0 bridgehead atoms. The van der Waals surface area contributed by atoms with Crippen LogP contribution >= 0.6 is 0 Å². The lowest BCUT2D eigenvalue weighted by Gasteiger charge is -2.31. The van der Waals surface area contributed by atoms with Crippen LogP contribution in [0.15, 0.2) is 24.5 Å². The molecule has 2 aromatic rings. The van der Waals surface area contributed by atoms with Crippen molar-refractivity contribution in [1.82, 2.24) is 14.8 Å². The number of anilines is 1. The zero-order valence-corrected chi connectivity index (χ0v) is 10.8. The minimum atomic E-state index is -0.253. The van der Waals surface area contributed by atoms with Gasteiger partial charge in [0, 0.05) is 24.8 Å². The highest BCUT2D eigenvalue weighted by atomic mass is 19.1. The number of hydrogen-bond donors (Lipinski definition) is 1. The van der Waals surface area contributed by atoms with Crippen molar-refractivity contribution in [3.8, 4) is 0 Å². The van der Waals surface area contributed by atoms with Gasteiger partial charge in [0.05, 0.1) is 6.54 Å². The van der Waals surface area contributed by atoms with Crippen molar-refractivity contribution in [2.24, 2.45) is 5.73 Å². The Morgan fingerprint density at radius 2 is 2.21 bits per heavy atom. The Labute approximate surface area is 110 Å². The number of aromatic nitrogens is 3. The van der Waals surface area contributed by atoms with E-state index in [0.29, 0.717) is 6.54 Å². The zero-order valence-electron chi connectivity index (χ0n) is 10.8. The number of rotatable bonds is 2. The van der Waals surface area contributed by atoms with Crippen LogP contribution in [0.4, 0.5) is 10.1 Å². The van der Waals surface area contributed by atoms with Crippen molar-refractivity contribution in [3.05, 3.63) is 41.7 Å². The molecule has 0 saturated heterocycles. The van der Waals surface area contributed by atoms with E-state index >= 15 is 0 Å². The fourth-order valence-electron chi connectivity index (χ4n) is 2.45. The molecule has 0 aliphatic carbocycles. The summed E-state index contributed by atoms with van der Waals surface area (Å²) in [6, 6.07) is 4.57. The van der Waals surface area contributed by atoms with Crippen LogP contribution in [0, 0.1) is 5.82 Å². The fraction of sp³-hybridized carbons (Fsp3) is 0.385. The van der Waals surface area contributed by atoms with Gasteiger partial charge in [-0.15, -0.1) is 10.2 Å². The van der Waals surface area contributed by atoms with Gasteiger partial charge in [0.15, 0.2) is 5.82 Å². The van der Waals surface area contributed by atoms with E-state index in [1.54, 1.807) is 12.4 Å². The van der Waals surface area contributed by atoms with E-state index in [4.69, 9.17) is 5.73 Å². The molecular weight excluding hydrogens is 245 g/mol. The van der Waals surface area contributed by atoms with E-state index in [2.05, 4.69) is 15.1 Å². The smallest absolute Gasteiger partial charge is 0.152 e. The number of nitrogens with two attached hydrogens (primary N) is 1. The van der Waals surface area contributed by atoms with Crippen LogP contribution in [0.5, 0.6) is 0 Å². The third kappa shape index (κ3) is 2.19. The summed E-state index contributed by atoms with van der Waals surface area (Å²) >= 11 is 0. The van der Waals surface area contributed by atoms with Crippen molar-refractivity contribution < 1.29 is 4.39 Å². The van der Waals surface area contributed by atoms with Crippen molar-refractivity contribution >= 4 is 5.69 Å². The first-order valence-electron chi connectivity index (χ1n) is 6.32. The summed E-state index contributed by atoms with van der Waals surface area (Å²) in [7, 11) is 0. The number of benzene rings is 1. The Morgan fingerprint density at radius 1 is 1.37 bits per heavy atom. The first-order valence-corrected chi connectivity index (χ1v) is 6.32. The number of halogens is 1. The lowest BCUT2D eigenvalue weighted by atomic mass is 10.0. The van der Waals surface area contributed by atoms with Gasteiger partial charge in [-0.05, 0) is 30.7 Å². The quantitative estimate of drug-likeness (QED) is 0.889. The first kappa shape index (κ1) is 12.1. The molecule has 1 atom stereocenters. The van der Waals surface area contributed by atoms with Gasteiger partial charge in [0.25, 0.3) is 0 Å². The van der Waals surface area contributed by atoms with Gasteiger partial charge in [-0.2, -0.15) is 0 Å². The fourth-order valence-corrected chi connectivity index (χ4v) is 2.45. The lowest BCUT2D eigenvalue weighted by molar-refractivity contribution is 0.556. The molecule has 0 radical (unpaired) electrons. The second kappa shape index (κ2) is 4.62. The molecule has 1 aromatic heterocycles. The maximum Gasteiger partial charge on any atom is 0.152 e. The summed E-state index contributed by atoms with van der Waals surface area (Å²) in [6.45, 7) is 4.21. The van der Waals surface area contributed by atoms with Gasteiger partial charge in [0.1, 0.15) is 12.1 Å². The highest BCUT2D eigenvalue weighted by Gasteiger charge is 2.21. The zero-order chi connectivity index (χ0) is 13.4. The molecule has 2 N–H and O–H groups in total. The van der Waals surface area contributed by atoms with E-state index < -0.39 is 0 Å². The molecule has 1 unspecified atom stereocenters. The molecule has 100 valence electrons. The predicted octanol–water partition coefficient (Wildman–Crippen LogP) is 1.46. The number of nitrogens with zero attached hydrogens (tertiary/aromatic N) is 4. The molecule has 6 heteroatoms. The molecule has 1 aliphatic heterocycles. The second-order valence-electron chi connectivity index (χ2n) is 4.85. The van der Waals surface area contributed by atoms with E-state index in [1.165, 1.54) is 12.1 Å². The topological polar surface area (TPSA) is 60.0 Å². The van der Waals surface area contributed by atoms with E-state index in [-0.39, 0.29) is 11.9 Å². The average Bonchev–Trinajstić information content (AvgIpc) is 2.85. The van der Waals surface area contributed by atoms with Crippen molar-refractivity contribution in [2.45, 2.75) is 26.1 Å². The monoisotopic (exact) mass is 261 g/mol. The Morgan fingerprint density at radius 3 is 3.00 bits per heavy atom. The molecular formula is C13H16FN5. The van der Waals surface area contributed by atoms with E-state index in [0.717, 1.165) is 30.2 Å². The Bertz CT molecular complexity index is 592. The van der Waals surface area contributed by atoms with E-state index in [1.807, 2.05) is 11.5 Å². The maximum absolute atomic E-state index is 13.4. The summed E-state index contributed by atoms with van der Waals surface area (Å²) in [5.41, 5.74) is 7.74. The Kier molecular flexibility index (Phi) is 2.94. The van der Waals surface area contributed by atoms with Crippen LogP contribution < -0.4 is 10.6 Å². The van der Waals surface area contributed by atoms with E-state index in [9.17, 15) is 4.39 Å². The predicted molar refractivity (Wildman–Crippen MR) is 70.1 cm³/mol.